The summed E-state index contributed by atoms with van der Waals surface area (Å²) in [5, 5.41) is 0. The molecule has 5 atom stereocenters. The van der Waals surface area contributed by atoms with Crippen molar-refractivity contribution in [3.63, 3.8) is 0 Å². The van der Waals surface area contributed by atoms with E-state index in [1.165, 1.54) is 244 Å². The van der Waals surface area contributed by atoms with E-state index in [0.29, 0.717) is 27.1 Å². The Hall–Kier alpha value is 0. The average molecular weight is 1450 g/mol. The van der Waals surface area contributed by atoms with E-state index >= 15 is 0 Å². The molecule has 1 unspecified atom stereocenters. The lowest BCUT2D eigenvalue weighted by molar-refractivity contribution is -0.0545. The molecular formula is C105H190. The molecule has 12 bridgehead atoms. The minimum absolute atomic E-state index is 0.572. The van der Waals surface area contributed by atoms with Crippen LogP contribution in [0.25, 0.3) is 0 Å². The van der Waals surface area contributed by atoms with Crippen LogP contribution in [0.1, 0.15) is 498 Å². The van der Waals surface area contributed by atoms with Gasteiger partial charge in [0, 0.05) is 0 Å². The van der Waals surface area contributed by atoms with Crippen molar-refractivity contribution in [1.29, 1.82) is 0 Å². The second-order valence-corrected chi connectivity index (χ2v) is 49.6. The first-order chi connectivity index (χ1) is 49.6. The fourth-order valence-corrected chi connectivity index (χ4v) is 31.4. The van der Waals surface area contributed by atoms with E-state index in [1.54, 1.807) is 122 Å². The van der Waals surface area contributed by atoms with Crippen molar-refractivity contribution in [2.75, 3.05) is 0 Å². The molecule has 105 heavy (non-hydrogen) atoms. The number of hydrogen-bond donors (Lipinski definition) is 0. The first-order valence-electron chi connectivity index (χ1n) is 49.6. The smallest absolute Gasteiger partial charge is 0.0287 e. The molecular weight excluding hydrogens is 1260 g/mol. The van der Waals surface area contributed by atoms with Gasteiger partial charge in [-0.2, -0.15) is 0 Å². The maximum absolute atomic E-state index is 2.49. The molecule has 0 amide bonds. The molecule has 0 N–H and O–H groups in total. The van der Waals surface area contributed by atoms with Gasteiger partial charge in [-0.15, -0.1) is 0 Å². The van der Waals surface area contributed by atoms with Gasteiger partial charge in [-0.25, -0.2) is 0 Å². The lowest BCUT2D eigenvalue weighted by Gasteiger charge is -2.56. The van der Waals surface area contributed by atoms with E-state index in [9.17, 15) is 0 Å². The highest BCUT2D eigenvalue weighted by Gasteiger charge is 2.52. The Morgan fingerprint density at radius 2 is 0.619 bits per heavy atom. The zero-order valence-corrected chi connectivity index (χ0v) is 75.3. The Kier molecular flexibility index (Phi) is 29.8. The van der Waals surface area contributed by atoms with Crippen LogP contribution >= 0.6 is 0 Å². The Morgan fingerprint density at radius 1 is 0.267 bits per heavy atom. The Morgan fingerprint density at radius 3 is 0.914 bits per heavy atom. The van der Waals surface area contributed by atoms with Crippen LogP contribution in [-0.4, -0.2) is 0 Å². The molecule has 24 rings (SSSR count). The summed E-state index contributed by atoms with van der Waals surface area (Å²) >= 11 is 0. The van der Waals surface area contributed by atoms with Crippen LogP contribution in [0.5, 0.6) is 0 Å². The molecule has 0 heteroatoms. The predicted molar refractivity (Wildman–Crippen MR) is 462 cm³/mol. The summed E-state index contributed by atoms with van der Waals surface area (Å²) < 4.78 is 0. The minimum Gasteiger partial charge on any atom is -0.0649 e. The highest BCUT2D eigenvalue weighted by molar-refractivity contribution is 5.03. The summed E-state index contributed by atoms with van der Waals surface area (Å²) in [6, 6.07) is 0. The van der Waals surface area contributed by atoms with E-state index in [2.05, 4.69) is 132 Å². The van der Waals surface area contributed by atoms with Crippen LogP contribution < -0.4 is 0 Å². The summed E-state index contributed by atoms with van der Waals surface area (Å²) in [6.45, 7) is 46.7. The van der Waals surface area contributed by atoms with Crippen molar-refractivity contribution in [2.24, 2.45) is 167 Å². The summed E-state index contributed by atoms with van der Waals surface area (Å²) in [5.41, 5.74) is 7.22. The summed E-state index contributed by atoms with van der Waals surface area (Å²) in [7, 11) is 0. The third kappa shape index (κ3) is 23.0. The van der Waals surface area contributed by atoms with E-state index in [1.807, 2.05) is 0 Å². The topological polar surface area (TPSA) is 0 Å². The molecule has 0 aliphatic heterocycles. The fourth-order valence-electron chi connectivity index (χ4n) is 31.4. The van der Waals surface area contributed by atoms with Crippen molar-refractivity contribution in [2.45, 2.75) is 498 Å². The standard InChI is InChI=1S/C16H30.C14H26.C12H20.C12H22.2C11H20.2C10H18.C9H16/c1-13-6-8-16(9-7-13)11-14(2,3)10-15(4,5)12-16;1-12-4-6-14(7-5-12)10-8-13(2,3)9-11-14;1-2-12-6-9-3-10(7-12)5-11(4-9)8-12;1-11-5-9-12(10-6-11)7-3-2-4-8-12;1-8-9-4-6-10(7-5-9)11(8,2)3;1-10-4-8-11(9-5-10)6-2-3-7-11;1-8-7-9-3-5-10(8,2)6-4-9;1-7-8(2)10-5-3-9(7)4-6-10;1-7-6-8-2-4-9(7)5-3-8/h13H,6-12H2,1-5H3;12H,4-11H2,1-3H3;9-11H,2-8H2,1H3;11H,2-10H2,1H3;8-10H,4-7H2,1-3H3;10H,2-9H2,1H3;8-9H,3-7H2,1-2H3;7-10H,3-6H2,1-2H3;7-9H,2-6H2,1H3/t;;;;8-,9?,10?;;8-,9?,10?;7-,8?,9?,10?;7-,8?,9?/m....1.000/s1. The molecule has 0 aromatic rings. The highest BCUT2D eigenvalue weighted by atomic mass is 14.6. The molecule has 0 nitrogen and oxygen atoms in total. The van der Waals surface area contributed by atoms with Crippen LogP contribution in [0.2, 0.25) is 0 Å². The molecule has 0 radical (unpaired) electrons. The minimum atomic E-state index is 0.572. The third-order valence-corrected chi connectivity index (χ3v) is 39.5. The average Bonchev–Trinajstić information content (AvgIpc) is 1.90. The quantitative estimate of drug-likeness (QED) is 0.245. The maximum Gasteiger partial charge on any atom is -0.0287 e. The predicted octanol–water partition coefficient (Wildman–Crippen LogP) is 34.3. The van der Waals surface area contributed by atoms with E-state index < -0.39 is 0 Å². The maximum atomic E-state index is 2.49. The Balaban J connectivity index is 0.000000119. The molecule has 0 saturated heterocycles. The van der Waals surface area contributed by atoms with Crippen molar-refractivity contribution in [3.05, 3.63) is 0 Å². The van der Waals surface area contributed by atoms with Crippen LogP contribution in [0, 0.1) is 167 Å². The molecule has 24 saturated carbocycles. The number of hydrogen-bond acceptors (Lipinski definition) is 0. The van der Waals surface area contributed by atoms with Crippen molar-refractivity contribution >= 4 is 0 Å². The molecule has 0 aromatic carbocycles. The van der Waals surface area contributed by atoms with E-state index in [0.717, 1.165) is 140 Å². The zero-order valence-electron chi connectivity index (χ0n) is 75.3. The molecule has 24 fully saturated rings. The van der Waals surface area contributed by atoms with Gasteiger partial charge < -0.3 is 0 Å². The van der Waals surface area contributed by atoms with Crippen LogP contribution in [-0.2, 0) is 0 Å². The molecule has 610 valence electrons. The Labute approximate surface area is 660 Å². The summed E-state index contributed by atoms with van der Waals surface area (Å²) in [5.74, 6) is 20.3. The third-order valence-electron chi connectivity index (χ3n) is 39.5. The van der Waals surface area contributed by atoms with Crippen LogP contribution in [0.4, 0.5) is 0 Å². The molecule has 4 spiro atoms. The van der Waals surface area contributed by atoms with Gasteiger partial charge in [-0.05, 0) is 430 Å². The van der Waals surface area contributed by atoms with Gasteiger partial charge in [0.15, 0.2) is 0 Å². The lowest BCUT2D eigenvalue weighted by Crippen LogP contribution is -2.45. The second-order valence-electron chi connectivity index (χ2n) is 49.6. The van der Waals surface area contributed by atoms with Gasteiger partial charge in [0.05, 0.1) is 0 Å². The van der Waals surface area contributed by atoms with E-state index in [-0.39, 0.29) is 0 Å². The van der Waals surface area contributed by atoms with Crippen molar-refractivity contribution < 1.29 is 0 Å². The highest BCUT2D eigenvalue weighted by Crippen LogP contribution is 2.64. The zero-order chi connectivity index (χ0) is 75.3. The van der Waals surface area contributed by atoms with Crippen molar-refractivity contribution in [3.8, 4) is 0 Å². The molecule has 24 aliphatic rings. The second kappa shape index (κ2) is 36.4. The first kappa shape index (κ1) is 85.9. The Bertz CT molecular complexity index is 2390. The van der Waals surface area contributed by atoms with Gasteiger partial charge in [0.25, 0.3) is 0 Å². The van der Waals surface area contributed by atoms with Gasteiger partial charge in [0.1, 0.15) is 0 Å². The molecule has 0 aromatic heterocycles. The number of fused-ring (bicyclic) bond motifs is 12. The SMILES string of the molecule is CC1C2CCC(CC2)[C@H]1C.CC1CCC2(CC1)CC(C)(C)CC(C)(C)C2.CC1CCC2(CC1)CCC(C)(C)CC2.CC1CCC2(CCCC2)CC1.CC1CCC2(CCCCC2)CC1.CCC12CC3CC(CC(C3)C1)C2.C[C@@H]1C2CCC(CC2)C1(C)C.C[C@H]1CC2CCC1(C)CC2.C[C@H]1CC2CCC1CC2. The van der Waals surface area contributed by atoms with Gasteiger partial charge in [-0.1, -0.05) is 234 Å². The monoisotopic (exact) mass is 1450 g/mol. The van der Waals surface area contributed by atoms with Crippen molar-refractivity contribution in [1.82, 2.24) is 0 Å². The normalized spacial score (nSPS) is 42.4. The van der Waals surface area contributed by atoms with E-state index in [4.69, 9.17) is 0 Å². The number of rotatable bonds is 1. The van der Waals surface area contributed by atoms with Gasteiger partial charge >= 0.3 is 0 Å². The van der Waals surface area contributed by atoms with Gasteiger partial charge in [0.2, 0.25) is 0 Å². The van der Waals surface area contributed by atoms with Crippen LogP contribution in [0.3, 0.4) is 0 Å². The van der Waals surface area contributed by atoms with Crippen LogP contribution in [0.15, 0.2) is 0 Å². The largest absolute Gasteiger partial charge is 0.0649 e. The molecule has 24 aliphatic carbocycles. The van der Waals surface area contributed by atoms with Gasteiger partial charge in [-0.3, -0.25) is 0 Å². The summed E-state index contributed by atoms with van der Waals surface area (Å²) in [4.78, 5) is 0. The molecule has 0 heterocycles. The first-order valence-corrected chi connectivity index (χ1v) is 49.6. The summed E-state index contributed by atoms with van der Waals surface area (Å²) in [6.07, 6.45) is 87.1. The fraction of sp³-hybridized carbons (Fsp3) is 1.00. The lowest BCUT2D eigenvalue weighted by atomic mass is 9.49.